The molecule has 0 aliphatic rings. The van der Waals surface area contributed by atoms with E-state index in [0.717, 1.165) is 17.4 Å². The molecule has 0 aliphatic carbocycles. The first-order chi connectivity index (χ1) is 10.2. The highest BCUT2D eigenvalue weighted by Gasteiger charge is 2.03. The van der Waals surface area contributed by atoms with Crippen molar-refractivity contribution < 1.29 is 8.78 Å². The predicted molar refractivity (Wildman–Crippen MR) is 77.2 cm³/mol. The minimum Gasteiger partial charge on any atom is -0.381 e. The van der Waals surface area contributed by atoms with Gasteiger partial charge in [-0.15, -0.1) is 0 Å². The lowest BCUT2D eigenvalue weighted by molar-refractivity contribution is 0.507. The number of hydrogen-bond acceptors (Lipinski definition) is 2. The summed E-state index contributed by atoms with van der Waals surface area (Å²) >= 11 is 0. The quantitative estimate of drug-likeness (QED) is 0.791. The molecule has 3 rings (SSSR count). The van der Waals surface area contributed by atoms with E-state index < -0.39 is 11.6 Å². The second kappa shape index (κ2) is 5.75. The Kier molecular flexibility index (Phi) is 3.64. The van der Waals surface area contributed by atoms with Gasteiger partial charge in [0.2, 0.25) is 0 Å². The lowest BCUT2D eigenvalue weighted by Gasteiger charge is -2.09. The summed E-state index contributed by atoms with van der Waals surface area (Å²) in [6.07, 6.45) is 5.28. The zero-order valence-corrected chi connectivity index (χ0v) is 11.1. The molecule has 0 amide bonds. The average Bonchev–Trinajstić information content (AvgIpc) is 3.03. The summed E-state index contributed by atoms with van der Waals surface area (Å²) < 4.78 is 27.9. The first-order valence-electron chi connectivity index (χ1n) is 6.48. The number of nitrogens with one attached hydrogen (secondary N) is 1. The number of benzene rings is 2. The van der Waals surface area contributed by atoms with Crippen LogP contribution in [0, 0.1) is 11.6 Å². The molecule has 106 valence electrons. The Morgan fingerprint density at radius 3 is 2.71 bits per heavy atom. The second-order valence-electron chi connectivity index (χ2n) is 4.62. The van der Waals surface area contributed by atoms with E-state index >= 15 is 0 Å². The van der Waals surface area contributed by atoms with Crippen LogP contribution in [0.3, 0.4) is 0 Å². The van der Waals surface area contributed by atoms with Crippen molar-refractivity contribution in [1.82, 2.24) is 9.55 Å². The van der Waals surface area contributed by atoms with Gasteiger partial charge in [0.1, 0.15) is 0 Å². The second-order valence-corrected chi connectivity index (χ2v) is 4.62. The van der Waals surface area contributed by atoms with Gasteiger partial charge in [-0.25, -0.2) is 13.8 Å². The van der Waals surface area contributed by atoms with Crippen molar-refractivity contribution in [3.63, 3.8) is 0 Å². The first-order valence-corrected chi connectivity index (χ1v) is 6.48. The molecular formula is C16H13F2N3. The van der Waals surface area contributed by atoms with Crippen LogP contribution in [0.5, 0.6) is 0 Å². The van der Waals surface area contributed by atoms with Crippen molar-refractivity contribution in [2.24, 2.45) is 0 Å². The molecule has 1 heterocycles. The van der Waals surface area contributed by atoms with Crippen molar-refractivity contribution >= 4 is 5.69 Å². The summed E-state index contributed by atoms with van der Waals surface area (Å²) in [5.74, 6) is -1.66. The molecule has 0 unspecified atom stereocenters. The highest BCUT2D eigenvalue weighted by molar-refractivity contribution is 5.51. The number of halogens is 2. The zero-order chi connectivity index (χ0) is 14.7. The van der Waals surface area contributed by atoms with E-state index in [1.54, 1.807) is 18.6 Å². The third-order valence-corrected chi connectivity index (χ3v) is 3.13. The monoisotopic (exact) mass is 285 g/mol. The highest BCUT2D eigenvalue weighted by atomic mass is 19.2. The molecular weight excluding hydrogens is 272 g/mol. The third kappa shape index (κ3) is 3.08. The molecule has 0 bridgehead atoms. The Morgan fingerprint density at radius 2 is 1.95 bits per heavy atom. The molecule has 0 atom stereocenters. The molecule has 1 aromatic heterocycles. The normalized spacial score (nSPS) is 10.6. The highest BCUT2D eigenvalue weighted by Crippen LogP contribution is 2.16. The van der Waals surface area contributed by atoms with E-state index in [4.69, 9.17) is 0 Å². The van der Waals surface area contributed by atoms with Crippen LogP contribution in [0.15, 0.2) is 61.2 Å². The van der Waals surface area contributed by atoms with Crippen LogP contribution in [0.2, 0.25) is 0 Å². The molecule has 0 fully saturated rings. The van der Waals surface area contributed by atoms with Crippen LogP contribution >= 0.6 is 0 Å². The fourth-order valence-electron chi connectivity index (χ4n) is 2.04. The van der Waals surface area contributed by atoms with Gasteiger partial charge in [-0.3, -0.25) is 0 Å². The summed E-state index contributed by atoms with van der Waals surface area (Å²) in [4.78, 5) is 4.01. The fraction of sp³-hybridized carbons (Fsp3) is 0.0625. The largest absolute Gasteiger partial charge is 0.381 e. The van der Waals surface area contributed by atoms with Crippen LogP contribution in [-0.2, 0) is 6.54 Å². The van der Waals surface area contributed by atoms with Crippen LogP contribution in [0.1, 0.15) is 5.56 Å². The van der Waals surface area contributed by atoms with E-state index in [9.17, 15) is 8.78 Å². The van der Waals surface area contributed by atoms with E-state index in [-0.39, 0.29) is 0 Å². The zero-order valence-electron chi connectivity index (χ0n) is 11.1. The minimum absolute atomic E-state index is 0.421. The minimum atomic E-state index is -0.833. The Morgan fingerprint density at radius 1 is 1.05 bits per heavy atom. The molecule has 0 aliphatic heterocycles. The van der Waals surface area contributed by atoms with E-state index in [0.29, 0.717) is 12.1 Å². The SMILES string of the molecule is Fc1ccc(CNc2cccc(-n3ccnc3)c2)cc1F. The third-order valence-electron chi connectivity index (χ3n) is 3.13. The standard InChI is InChI=1S/C16H13F2N3/c17-15-5-4-12(8-16(15)18)10-20-13-2-1-3-14(9-13)21-7-6-19-11-21/h1-9,11,20H,10H2. The van der Waals surface area contributed by atoms with Gasteiger partial charge in [0.25, 0.3) is 0 Å². The molecule has 5 heteroatoms. The molecule has 3 nitrogen and oxygen atoms in total. The summed E-state index contributed by atoms with van der Waals surface area (Å²) in [5, 5.41) is 3.19. The van der Waals surface area contributed by atoms with Gasteiger partial charge in [-0.1, -0.05) is 12.1 Å². The van der Waals surface area contributed by atoms with Crippen molar-refractivity contribution in [1.29, 1.82) is 0 Å². The van der Waals surface area contributed by atoms with Gasteiger partial charge >= 0.3 is 0 Å². The van der Waals surface area contributed by atoms with Gasteiger partial charge in [0, 0.05) is 30.3 Å². The number of nitrogens with zero attached hydrogens (tertiary/aromatic N) is 2. The van der Waals surface area contributed by atoms with Gasteiger partial charge < -0.3 is 9.88 Å². The van der Waals surface area contributed by atoms with Crippen molar-refractivity contribution in [3.8, 4) is 5.69 Å². The molecule has 3 aromatic rings. The average molecular weight is 285 g/mol. The summed E-state index contributed by atoms with van der Waals surface area (Å²) in [5.41, 5.74) is 2.55. The van der Waals surface area contributed by atoms with E-state index in [1.165, 1.54) is 6.07 Å². The van der Waals surface area contributed by atoms with E-state index in [2.05, 4.69) is 10.3 Å². The van der Waals surface area contributed by atoms with Crippen molar-refractivity contribution in [2.75, 3.05) is 5.32 Å². The lowest BCUT2D eigenvalue weighted by Crippen LogP contribution is -2.01. The summed E-state index contributed by atoms with van der Waals surface area (Å²) in [7, 11) is 0. The maximum Gasteiger partial charge on any atom is 0.159 e. The number of aromatic nitrogens is 2. The molecule has 0 radical (unpaired) electrons. The first kappa shape index (κ1) is 13.3. The topological polar surface area (TPSA) is 29.9 Å². The van der Waals surface area contributed by atoms with Gasteiger partial charge in [-0.05, 0) is 35.9 Å². The summed E-state index contributed by atoms with van der Waals surface area (Å²) in [6, 6.07) is 11.6. The Labute approximate surface area is 120 Å². The van der Waals surface area contributed by atoms with E-state index in [1.807, 2.05) is 35.0 Å². The number of hydrogen-bond donors (Lipinski definition) is 1. The maximum absolute atomic E-state index is 13.1. The molecule has 2 aromatic carbocycles. The van der Waals surface area contributed by atoms with Gasteiger partial charge in [0.05, 0.1) is 6.33 Å². The summed E-state index contributed by atoms with van der Waals surface area (Å²) in [6.45, 7) is 0.421. The predicted octanol–water partition coefficient (Wildman–Crippen LogP) is 3.76. The van der Waals surface area contributed by atoms with Crippen molar-refractivity contribution in [3.05, 3.63) is 78.4 Å². The van der Waals surface area contributed by atoms with Crippen LogP contribution < -0.4 is 5.32 Å². The molecule has 0 spiro atoms. The van der Waals surface area contributed by atoms with Crippen molar-refractivity contribution in [2.45, 2.75) is 6.54 Å². The van der Waals surface area contributed by atoms with Crippen LogP contribution in [0.4, 0.5) is 14.5 Å². The maximum atomic E-state index is 13.1. The number of anilines is 1. The van der Waals surface area contributed by atoms with Crippen LogP contribution in [0.25, 0.3) is 5.69 Å². The lowest BCUT2D eigenvalue weighted by atomic mass is 10.2. The number of imidazole rings is 1. The van der Waals surface area contributed by atoms with Gasteiger partial charge in [0.15, 0.2) is 11.6 Å². The van der Waals surface area contributed by atoms with Crippen LogP contribution in [-0.4, -0.2) is 9.55 Å². The Balaban J connectivity index is 1.73. The molecule has 0 saturated carbocycles. The Bertz CT molecular complexity index is 739. The molecule has 0 saturated heterocycles. The molecule has 1 N–H and O–H groups in total. The smallest absolute Gasteiger partial charge is 0.159 e. The molecule has 21 heavy (non-hydrogen) atoms. The Hall–Kier alpha value is -2.69. The van der Waals surface area contributed by atoms with Gasteiger partial charge in [-0.2, -0.15) is 0 Å². The number of rotatable bonds is 4. The fourth-order valence-corrected chi connectivity index (χ4v) is 2.04.